The van der Waals surface area contributed by atoms with E-state index in [0.717, 1.165) is 13.2 Å². The Morgan fingerprint density at radius 1 is 1.20 bits per heavy atom. The number of hydrogen-bond donors (Lipinski definition) is 1. The van der Waals surface area contributed by atoms with E-state index in [0.29, 0.717) is 5.41 Å². The lowest BCUT2D eigenvalue weighted by Gasteiger charge is -2.36. The topological polar surface area (TPSA) is 24.5 Å². The number of ether oxygens (including phenoxy) is 1. The van der Waals surface area contributed by atoms with Gasteiger partial charge in [0.15, 0.2) is 0 Å². The lowest BCUT2D eigenvalue weighted by molar-refractivity contribution is 0.0144. The maximum Gasteiger partial charge on any atom is 0.0471 e. The van der Waals surface area contributed by atoms with E-state index < -0.39 is 0 Å². The fraction of sp³-hybridized carbons (Fsp3) is 1.00. The molecule has 2 aliphatic heterocycles. The Morgan fingerprint density at radius 2 is 1.87 bits per heavy atom. The molecule has 88 valence electrons. The van der Waals surface area contributed by atoms with Crippen molar-refractivity contribution in [2.45, 2.75) is 26.2 Å². The summed E-state index contributed by atoms with van der Waals surface area (Å²) < 4.78 is 5.43. The minimum atomic E-state index is 0.545. The summed E-state index contributed by atoms with van der Waals surface area (Å²) in [6, 6.07) is 0. The van der Waals surface area contributed by atoms with E-state index >= 15 is 0 Å². The molecule has 0 amide bonds. The molecule has 2 aliphatic rings. The molecule has 0 saturated carbocycles. The summed E-state index contributed by atoms with van der Waals surface area (Å²) in [7, 11) is 0. The number of nitrogens with one attached hydrogen (secondary N) is 1. The Kier molecular flexibility index (Phi) is 4.00. The SMILES string of the molecule is CC1(CCN2CCNCC2)CCOCC1. The van der Waals surface area contributed by atoms with Crippen LogP contribution in [0.1, 0.15) is 26.2 Å². The van der Waals surface area contributed by atoms with Crippen LogP contribution >= 0.6 is 0 Å². The molecule has 0 spiro atoms. The fourth-order valence-electron chi connectivity index (χ4n) is 2.48. The number of hydrogen-bond acceptors (Lipinski definition) is 3. The van der Waals surface area contributed by atoms with Crippen molar-refractivity contribution in [3.63, 3.8) is 0 Å². The van der Waals surface area contributed by atoms with Crippen molar-refractivity contribution in [3.05, 3.63) is 0 Å². The molecule has 3 nitrogen and oxygen atoms in total. The van der Waals surface area contributed by atoms with Gasteiger partial charge in [-0.3, -0.25) is 0 Å². The van der Waals surface area contributed by atoms with Crippen LogP contribution in [0.4, 0.5) is 0 Å². The maximum absolute atomic E-state index is 5.43. The van der Waals surface area contributed by atoms with Crippen LogP contribution in [0, 0.1) is 5.41 Å². The van der Waals surface area contributed by atoms with E-state index in [2.05, 4.69) is 17.1 Å². The monoisotopic (exact) mass is 212 g/mol. The zero-order chi connectivity index (χ0) is 10.6. The largest absolute Gasteiger partial charge is 0.381 e. The first-order chi connectivity index (χ1) is 7.29. The van der Waals surface area contributed by atoms with Crippen LogP contribution in [-0.2, 0) is 4.74 Å². The van der Waals surface area contributed by atoms with E-state index in [9.17, 15) is 0 Å². The Labute approximate surface area is 93.2 Å². The van der Waals surface area contributed by atoms with E-state index in [1.165, 1.54) is 52.0 Å². The van der Waals surface area contributed by atoms with Gasteiger partial charge in [-0.05, 0) is 31.2 Å². The molecular weight excluding hydrogens is 188 g/mol. The molecule has 3 heteroatoms. The van der Waals surface area contributed by atoms with Gasteiger partial charge in [0.1, 0.15) is 0 Å². The molecule has 0 bridgehead atoms. The molecule has 2 fully saturated rings. The van der Waals surface area contributed by atoms with Crippen LogP contribution in [0.2, 0.25) is 0 Å². The smallest absolute Gasteiger partial charge is 0.0471 e. The van der Waals surface area contributed by atoms with Crippen LogP contribution < -0.4 is 5.32 Å². The predicted molar refractivity (Wildman–Crippen MR) is 62.1 cm³/mol. The van der Waals surface area contributed by atoms with Crippen LogP contribution in [0.15, 0.2) is 0 Å². The lowest BCUT2D eigenvalue weighted by atomic mass is 9.79. The number of nitrogens with zero attached hydrogens (tertiary/aromatic N) is 1. The van der Waals surface area contributed by atoms with Gasteiger partial charge in [-0.2, -0.15) is 0 Å². The highest BCUT2D eigenvalue weighted by Crippen LogP contribution is 2.33. The van der Waals surface area contributed by atoms with Crippen molar-refractivity contribution in [1.29, 1.82) is 0 Å². The van der Waals surface area contributed by atoms with Gasteiger partial charge in [-0.1, -0.05) is 6.92 Å². The molecule has 2 saturated heterocycles. The van der Waals surface area contributed by atoms with Crippen LogP contribution in [0.25, 0.3) is 0 Å². The Morgan fingerprint density at radius 3 is 2.53 bits per heavy atom. The summed E-state index contributed by atoms with van der Waals surface area (Å²) in [6.45, 7) is 10.4. The molecule has 0 aromatic rings. The van der Waals surface area contributed by atoms with Crippen molar-refractivity contribution in [2.24, 2.45) is 5.41 Å². The molecule has 0 aromatic carbocycles. The van der Waals surface area contributed by atoms with E-state index in [1.807, 2.05) is 0 Å². The summed E-state index contributed by atoms with van der Waals surface area (Å²) in [5.41, 5.74) is 0.545. The molecule has 0 aromatic heterocycles. The molecule has 2 rings (SSSR count). The highest BCUT2D eigenvalue weighted by molar-refractivity contribution is 4.79. The van der Waals surface area contributed by atoms with Crippen molar-refractivity contribution in [2.75, 3.05) is 45.9 Å². The Balaban J connectivity index is 1.70. The van der Waals surface area contributed by atoms with Gasteiger partial charge in [0.25, 0.3) is 0 Å². The average Bonchev–Trinajstić information content (AvgIpc) is 2.29. The van der Waals surface area contributed by atoms with Gasteiger partial charge in [-0.25, -0.2) is 0 Å². The van der Waals surface area contributed by atoms with Crippen LogP contribution in [0.3, 0.4) is 0 Å². The summed E-state index contributed by atoms with van der Waals surface area (Å²) in [6.07, 6.45) is 3.84. The Hall–Kier alpha value is -0.120. The van der Waals surface area contributed by atoms with Crippen molar-refractivity contribution < 1.29 is 4.74 Å². The van der Waals surface area contributed by atoms with Gasteiger partial charge in [-0.15, -0.1) is 0 Å². The summed E-state index contributed by atoms with van der Waals surface area (Å²) in [4.78, 5) is 2.59. The van der Waals surface area contributed by atoms with Gasteiger partial charge in [0.2, 0.25) is 0 Å². The van der Waals surface area contributed by atoms with Gasteiger partial charge in [0.05, 0.1) is 0 Å². The minimum absolute atomic E-state index is 0.545. The summed E-state index contributed by atoms with van der Waals surface area (Å²) in [5, 5.41) is 3.40. The van der Waals surface area contributed by atoms with Crippen molar-refractivity contribution in [1.82, 2.24) is 10.2 Å². The average molecular weight is 212 g/mol. The predicted octanol–water partition coefficient (Wildman–Crippen LogP) is 1.10. The first-order valence-electron chi connectivity index (χ1n) is 6.29. The molecule has 0 aliphatic carbocycles. The molecule has 15 heavy (non-hydrogen) atoms. The first kappa shape index (κ1) is 11.4. The van der Waals surface area contributed by atoms with Gasteiger partial charge >= 0.3 is 0 Å². The third kappa shape index (κ3) is 3.44. The maximum atomic E-state index is 5.43. The lowest BCUT2D eigenvalue weighted by Crippen LogP contribution is -2.45. The molecule has 0 atom stereocenters. The Bertz CT molecular complexity index is 184. The number of rotatable bonds is 3. The molecule has 0 unspecified atom stereocenters. The van der Waals surface area contributed by atoms with Gasteiger partial charge < -0.3 is 15.0 Å². The molecule has 2 heterocycles. The standard InChI is InChI=1S/C12H24N2O/c1-12(3-10-15-11-4-12)2-7-14-8-5-13-6-9-14/h13H,2-11H2,1H3. The van der Waals surface area contributed by atoms with Gasteiger partial charge in [0, 0.05) is 39.4 Å². The van der Waals surface area contributed by atoms with E-state index in [4.69, 9.17) is 4.74 Å². The first-order valence-corrected chi connectivity index (χ1v) is 6.29. The van der Waals surface area contributed by atoms with Crippen molar-refractivity contribution >= 4 is 0 Å². The third-order valence-corrected chi connectivity index (χ3v) is 3.94. The van der Waals surface area contributed by atoms with E-state index in [-0.39, 0.29) is 0 Å². The highest BCUT2D eigenvalue weighted by Gasteiger charge is 2.27. The number of piperazine rings is 1. The normalized spacial score (nSPS) is 27.8. The molecule has 1 N–H and O–H groups in total. The third-order valence-electron chi connectivity index (χ3n) is 3.94. The van der Waals surface area contributed by atoms with Crippen molar-refractivity contribution in [3.8, 4) is 0 Å². The summed E-state index contributed by atoms with van der Waals surface area (Å²) in [5.74, 6) is 0. The fourth-order valence-corrected chi connectivity index (χ4v) is 2.48. The molecule has 0 radical (unpaired) electrons. The second-order valence-corrected chi connectivity index (χ2v) is 5.26. The molecular formula is C12H24N2O. The minimum Gasteiger partial charge on any atom is -0.381 e. The zero-order valence-electron chi connectivity index (χ0n) is 9.93. The second-order valence-electron chi connectivity index (χ2n) is 5.26. The second kappa shape index (κ2) is 5.28. The van der Waals surface area contributed by atoms with Crippen LogP contribution in [-0.4, -0.2) is 50.8 Å². The quantitative estimate of drug-likeness (QED) is 0.758. The van der Waals surface area contributed by atoms with Crippen LogP contribution in [0.5, 0.6) is 0 Å². The summed E-state index contributed by atoms with van der Waals surface area (Å²) >= 11 is 0. The highest BCUT2D eigenvalue weighted by atomic mass is 16.5. The zero-order valence-corrected chi connectivity index (χ0v) is 9.93. The van der Waals surface area contributed by atoms with E-state index in [1.54, 1.807) is 0 Å².